The summed E-state index contributed by atoms with van der Waals surface area (Å²) in [6.45, 7) is 4.01. The fourth-order valence-electron chi connectivity index (χ4n) is 5.47. The van der Waals surface area contributed by atoms with E-state index in [0.717, 1.165) is 55.1 Å². The van der Waals surface area contributed by atoms with Crippen LogP contribution in [0.3, 0.4) is 0 Å². The molecule has 5 aromatic carbocycles. The van der Waals surface area contributed by atoms with Crippen molar-refractivity contribution in [2.24, 2.45) is 0 Å². The van der Waals surface area contributed by atoms with Crippen molar-refractivity contribution in [3.8, 4) is 39.6 Å². The van der Waals surface area contributed by atoms with Gasteiger partial charge in [0.15, 0.2) is 0 Å². The molecule has 0 N–H and O–H groups in total. The lowest BCUT2D eigenvalue weighted by atomic mass is 9.91. The molecule has 0 atom stereocenters. The second-order valence-corrected chi connectivity index (χ2v) is 11.9. The van der Waals surface area contributed by atoms with E-state index in [4.69, 9.17) is 16.3 Å². The topological polar surface area (TPSA) is 55.0 Å². The number of halogens is 2. The molecule has 1 heterocycles. The predicted molar refractivity (Wildman–Crippen MR) is 176 cm³/mol. The lowest BCUT2D eigenvalue weighted by molar-refractivity contribution is 0.0600. The van der Waals surface area contributed by atoms with Gasteiger partial charge in [-0.05, 0) is 91.5 Å². The lowest BCUT2D eigenvalue weighted by Crippen LogP contribution is -2.01. The first kappa shape index (κ1) is 29.3. The molecule has 0 aliphatic carbocycles. The van der Waals surface area contributed by atoms with Crippen LogP contribution in [-0.4, -0.2) is 17.1 Å². The van der Waals surface area contributed by atoms with E-state index in [0.29, 0.717) is 21.5 Å². The molecule has 4 nitrogen and oxygen atoms in total. The minimum absolute atomic E-state index is 0.360. The highest BCUT2D eigenvalue weighted by Crippen LogP contribution is 2.47. The van der Waals surface area contributed by atoms with Crippen molar-refractivity contribution < 1.29 is 13.9 Å². The van der Waals surface area contributed by atoms with Gasteiger partial charge in [0.2, 0.25) is 0 Å². The smallest absolute Gasteiger partial charge is 0.337 e. The summed E-state index contributed by atoms with van der Waals surface area (Å²) in [4.78, 5) is 13.1. The standard InChI is InChI=1S/C37H26ClFN2O2S/c1-22-10-14-29(15-11-22)44-41-33-17-13-28(39)20-31(33)35(34-23(2)6-4-9-27(34)21-40)36(41)25-8-5-7-24(18-25)30-16-12-26(19-32(30)38)37(42)43-3/h4-20H,1-3H3. The minimum Gasteiger partial charge on any atom is -0.465 e. The first-order chi connectivity index (χ1) is 21.3. The summed E-state index contributed by atoms with van der Waals surface area (Å²) < 4.78 is 21.9. The number of nitrogens with zero attached hydrogens (tertiary/aromatic N) is 2. The van der Waals surface area contributed by atoms with Gasteiger partial charge in [-0.25, -0.2) is 9.18 Å². The van der Waals surface area contributed by atoms with Crippen molar-refractivity contribution in [3.63, 3.8) is 0 Å². The van der Waals surface area contributed by atoms with E-state index in [1.165, 1.54) is 25.1 Å². The van der Waals surface area contributed by atoms with Crippen molar-refractivity contribution in [1.82, 2.24) is 3.97 Å². The van der Waals surface area contributed by atoms with E-state index < -0.39 is 5.97 Å². The van der Waals surface area contributed by atoms with E-state index in [-0.39, 0.29) is 5.82 Å². The summed E-state index contributed by atoms with van der Waals surface area (Å²) in [5.41, 5.74) is 8.54. The third kappa shape index (κ3) is 5.37. The van der Waals surface area contributed by atoms with Gasteiger partial charge in [-0.15, -0.1) is 0 Å². The molecule has 0 amide bonds. The van der Waals surface area contributed by atoms with Gasteiger partial charge in [-0.2, -0.15) is 5.26 Å². The molecule has 0 spiro atoms. The molecule has 0 unspecified atom stereocenters. The van der Waals surface area contributed by atoms with E-state index >= 15 is 0 Å². The molecule has 1 aromatic heterocycles. The van der Waals surface area contributed by atoms with Crippen LogP contribution in [0.1, 0.15) is 27.0 Å². The van der Waals surface area contributed by atoms with Crippen molar-refractivity contribution in [2.45, 2.75) is 18.7 Å². The van der Waals surface area contributed by atoms with Crippen LogP contribution in [0.5, 0.6) is 0 Å². The van der Waals surface area contributed by atoms with Crippen LogP contribution in [0.15, 0.2) is 108 Å². The highest BCUT2D eigenvalue weighted by Gasteiger charge is 2.25. The van der Waals surface area contributed by atoms with E-state index in [1.54, 1.807) is 36.4 Å². The Morgan fingerprint density at radius 3 is 2.36 bits per heavy atom. The molecule has 0 saturated heterocycles. The van der Waals surface area contributed by atoms with Gasteiger partial charge in [0.05, 0.1) is 35.5 Å². The maximum Gasteiger partial charge on any atom is 0.337 e. The normalized spacial score (nSPS) is 11.0. The van der Waals surface area contributed by atoms with Gasteiger partial charge < -0.3 is 4.74 Å². The Morgan fingerprint density at radius 2 is 1.64 bits per heavy atom. The predicted octanol–water partition coefficient (Wildman–Crippen LogP) is 10.3. The second-order valence-electron chi connectivity index (χ2n) is 10.5. The van der Waals surface area contributed by atoms with Crippen LogP contribution in [0.25, 0.3) is 44.4 Å². The summed E-state index contributed by atoms with van der Waals surface area (Å²) in [6, 6.07) is 34.0. The second kappa shape index (κ2) is 12.0. The number of benzene rings is 5. The fraction of sp³-hybridized carbons (Fsp3) is 0.0811. The van der Waals surface area contributed by atoms with Gasteiger partial charge in [0.1, 0.15) is 5.82 Å². The summed E-state index contributed by atoms with van der Waals surface area (Å²) in [6.07, 6.45) is 0. The number of carbonyl (C=O) groups is 1. The summed E-state index contributed by atoms with van der Waals surface area (Å²) >= 11 is 8.22. The quantitative estimate of drug-likeness (QED) is 0.175. The number of aromatic nitrogens is 1. The largest absolute Gasteiger partial charge is 0.465 e. The summed E-state index contributed by atoms with van der Waals surface area (Å²) in [5.74, 6) is -0.825. The number of ether oxygens (including phenoxy) is 1. The summed E-state index contributed by atoms with van der Waals surface area (Å²) in [7, 11) is 1.33. The first-order valence-corrected chi connectivity index (χ1v) is 15.0. The molecule has 216 valence electrons. The molecule has 6 aromatic rings. The molecule has 0 radical (unpaired) electrons. The van der Waals surface area contributed by atoms with Crippen LogP contribution in [0.4, 0.5) is 4.39 Å². The third-order valence-electron chi connectivity index (χ3n) is 7.58. The molecule has 0 aliphatic heterocycles. The number of methoxy groups -OCH3 is 1. The average molecular weight is 617 g/mol. The van der Waals surface area contributed by atoms with Crippen molar-refractivity contribution in [1.29, 1.82) is 5.26 Å². The number of nitriles is 1. The van der Waals surface area contributed by atoms with Crippen LogP contribution in [-0.2, 0) is 4.74 Å². The van der Waals surface area contributed by atoms with E-state index in [2.05, 4.69) is 34.3 Å². The van der Waals surface area contributed by atoms with Crippen LogP contribution >= 0.6 is 23.5 Å². The molecule has 0 fully saturated rings. The fourth-order valence-corrected chi connectivity index (χ4v) is 6.77. The van der Waals surface area contributed by atoms with Crippen molar-refractivity contribution >= 4 is 40.4 Å². The van der Waals surface area contributed by atoms with Gasteiger partial charge in [0, 0.05) is 37.6 Å². The molecule has 6 rings (SSSR count). The van der Waals surface area contributed by atoms with Gasteiger partial charge >= 0.3 is 5.97 Å². The van der Waals surface area contributed by atoms with Crippen molar-refractivity contribution in [3.05, 3.63) is 136 Å². The van der Waals surface area contributed by atoms with Crippen LogP contribution in [0.2, 0.25) is 5.02 Å². The molecule has 0 aliphatic rings. The molecule has 7 heteroatoms. The zero-order valence-corrected chi connectivity index (χ0v) is 25.8. The lowest BCUT2D eigenvalue weighted by Gasteiger charge is -2.16. The number of fused-ring (bicyclic) bond motifs is 1. The maximum absolute atomic E-state index is 14.9. The number of aryl methyl sites for hydroxylation is 2. The Labute approximate surface area is 264 Å². The maximum atomic E-state index is 14.9. The first-order valence-electron chi connectivity index (χ1n) is 13.9. The molecule has 0 bridgehead atoms. The Balaban J connectivity index is 1.66. The van der Waals surface area contributed by atoms with Gasteiger partial charge in [-0.3, -0.25) is 3.97 Å². The highest BCUT2D eigenvalue weighted by atomic mass is 35.5. The number of hydrogen-bond donors (Lipinski definition) is 0. The third-order valence-corrected chi connectivity index (χ3v) is 8.94. The van der Waals surface area contributed by atoms with Crippen LogP contribution in [0, 0.1) is 31.0 Å². The average Bonchev–Trinajstić information content (AvgIpc) is 3.33. The Kier molecular flexibility index (Phi) is 8.01. The number of carbonyl (C=O) groups excluding carboxylic acids is 1. The molecule has 44 heavy (non-hydrogen) atoms. The SMILES string of the molecule is COC(=O)c1ccc(-c2cccc(-c3c(-c4c(C)cccc4C#N)c4cc(F)ccc4n3Sc3ccc(C)cc3)c2)c(Cl)c1. The Morgan fingerprint density at radius 1 is 0.886 bits per heavy atom. The molecule has 0 saturated carbocycles. The highest BCUT2D eigenvalue weighted by molar-refractivity contribution is 7.98. The van der Waals surface area contributed by atoms with E-state index in [1.807, 2.05) is 50.2 Å². The van der Waals surface area contributed by atoms with E-state index in [9.17, 15) is 14.4 Å². The molecular weight excluding hydrogens is 591 g/mol. The van der Waals surface area contributed by atoms with Crippen molar-refractivity contribution in [2.75, 3.05) is 7.11 Å². The number of hydrogen-bond acceptors (Lipinski definition) is 4. The zero-order valence-electron chi connectivity index (χ0n) is 24.2. The van der Waals surface area contributed by atoms with Gasteiger partial charge in [0.25, 0.3) is 0 Å². The summed E-state index contributed by atoms with van der Waals surface area (Å²) in [5, 5.41) is 11.3. The minimum atomic E-state index is -0.465. The zero-order chi connectivity index (χ0) is 31.0. The monoisotopic (exact) mass is 616 g/mol. The Bertz CT molecular complexity index is 2110. The Hall–Kier alpha value is -4.83. The van der Waals surface area contributed by atoms with Gasteiger partial charge in [-0.1, -0.05) is 65.7 Å². The number of rotatable bonds is 6. The number of esters is 1. The van der Waals surface area contributed by atoms with Crippen LogP contribution < -0.4 is 0 Å². The molecular formula is C37H26ClFN2O2S.